The summed E-state index contributed by atoms with van der Waals surface area (Å²) in [6.07, 6.45) is 6.95. The Labute approximate surface area is 110 Å². The molecule has 0 aliphatic rings. The molecule has 0 aromatic heterocycles. The van der Waals surface area contributed by atoms with Crippen molar-refractivity contribution in [2.45, 2.75) is 77.7 Å². The van der Waals surface area contributed by atoms with E-state index in [4.69, 9.17) is 9.78 Å². The average Bonchev–Trinajstić information content (AvgIpc) is 2.35. The van der Waals surface area contributed by atoms with E-state index >= 15 is 0 Å². The second kappa shape index (κ2) is 10.1. The summed E-state index contributed by atoms with van der Waals surface area (Å²) in [7, 11) is 0. The minimum Gasteiger partial charge on any atom is -0.303 e. The van der Waals surface area contributed by atoms with Crippen molar-refractivity contribution in [1.82, 2.24) is 0 Å². The number of hydrogen-bond acceptors (Lipinski definition) is 4. The number of hydrogen-bond donors (Lipinski definition) is 0. The quantitative estimate of drug-likeness (QED) is 0.246. The molecule has 0 aromatic carbocycles. The van der Waals surface area contributed by atoms with Crippen LogP contribution in [0.4, 0.5) is 0 Å². The molecule has 4 nitrogen and oxygen atoms in total. The zero-order valence-corrected chi connectivity index (χ0v) is 11.9. The largest absolute Gasteiger partial charge is 0.342 e. The summed E-state index contributed by atoms with van der Waals surface area (Å²) in [6, 6.07) is 0. The van der Waals surface area contributed by atoms with Gasteiger partial charge in [0.1, 0.15) is 11.9 Å². The maximum Gasteiger partial charge on any atom is 0.342 e. The van der Waals surface area contributed by atoms with Crippen molar-refractivity contribution in [3.8, 4) is 0 Å². The van der Waals surface area contributed by atoms with Crippen LogP contribution >= 0.6 is 0 Å². The molecule has 0 saturated heterocycles. The number of unbranched alkanes of at least 4 members (excludes halogenated alkanes) is 2. The number of carbonyl (C=O) groups excluding carboxylic acids is 2. The molecule has 1 unspecified atom stereocenters. The highest BCUT2D eigenvalue weighted by Gasteiger charge is 2.27. The monoisotopic (exact) mass is 258 g/mol. The van der Waals surface area contributed by atoms with Gasteiger partial charge in [0.2, 0.25) is 0 Å². The summed E-state index contributed by atoms with van der Waals surface area (Å²) in [5.41, 5.74) is -0.470. The Hall–Kier alpha value is -0.900. The first-order valence-electron chi connectivity index (χ1n) is 6.90. The maximum absolute atomic E-state index is 11.3. The van der Waals surface area contributed by atoms with Crippen molar-refractivity contribution in [2.75, 3.05) is 0 Å². The Morgan fingerprint density at radius 1 is 1.17 bits per heavy atom. The summed E-state index contributed by atoms with van der Waals surface area (Å²) in [6.45, 7) is 5.96. The molecule has 0 aliphatic carbocycles. The van der Waals surface area contributed by atoms with Gasteiger partial charge in [-0.1, -0.05) is 26.7 Å². The summed E-state index contributed by atoms with van der Waals surface area (Å²) in [5.74, 6) is -0.324. The van der Waals surface area contributed by atoms with E-state index in [2.05, 4.69) is 6.92 Å². The molecule has 0 aliphatic heterocycles. The third-order valence-electron chi connectivity index (χ3n) is 2.88. The maximum atomic E-state index is 11.3. The van der Waals surface area contributed by atoms with Crippen LogP contribution in [0.1, 0.15) is 72.1 Å². The summed E-state index contributed by atoms with van der Waals surface area (Å²) >= 11 is 0. The van der Waals surface area contributed by atoms with Gasteiger partial charge in [-0.15, -0.1) is 0 Å². The number of aldehydes is 1. The minimum atomic E-state index is -0.470. The lowest BCUT2D eigenvalue weighted by Crippen LogP contribution is -2.30. The molecular formula is C14H26O4. The van der Waals surface area contributed by atoms with E-state index in [0.717, 1.165) is 44.8 Å². The molecule has 0 N–H and O–H groups in total. The van der Waals surface area contributed by atoms with Gasteiger partial charge in [0, 0.05) is 12.8 Å². The highest BCUT2D eigenvalue weighted by atomic mass is 17.2. The van der Waals surface area contributed by atoms with E-state index in [9.17, 15) is 9.59 Å². The van der Waals surface area contributed by atoms with Gasteiger partial charge in [-0.05, 0) is 32.6 Å². The molecule has 0 aromatic rings. The van der Waals surface area contributed by atoms with Crippen LogP contribution in [0.15, 0.2) is 0 Å². The third-order valence-corrected chi connectivity index (χ3v) is 2.88. The van der Waals surface area contributed by atoms with Gasteiger partial charge < -0.3 is 4.79 Å². The Kier molecular flexibility index (Phi) is 9.56. The van der Waals surface area contributed by atoms with Gasteiger partial charge in [-0.25, -0.2) is 4.79 Å². The first-order valence-corrected chi connectivity index (χ1v) is 6.90. The van der Waals surface area contributed by atoms with E-state index in [-0.39, 0.29) is 5.97 Å². The molecule has 106 valence electrons. The summed E-state index contributed by atoms with van der Waals surface area (Å²) < 4.78 is 0. The van der Waals surface area contributed by atoms with Crippen molar-refractivity contribution in [3.63, 3.8) is 0 Å². The van der Waals surface area contributed by atoms with Gasteiger partial charge in [0.05, 0.1) is 0 Å². The molecule has 0 saturated carbocycles. The van der Waals surface area contributed by atoms with E-state index in [1.165, 1.54) is 0 Å². The highest BCUT2D eigenvalue weighted by molar-refractivity contribution is 5.68. The second-order valence-electron chi connectivity index (χ2n) is 4.90. The minimum absolute atomic E-state index is 0.324. The number of rotatable bonds is 11. The van der Waals surface area contributed by atoms with E-state index in [1.807, 2.05) is 13.8 Å². The Balaban J connectivity index is 4.17. The van der Waals surface area contributed by atoms with E-state index in [1.54, 1.807) is 0 Å². The van der Waals surface area contributed by atoms with Crippen molar-refractivity contribution >= 4 is 12.3 Å². The fraction of sp³-hybridized carbons (Fsp3) is 0.857. The molecule has 1 atom stereocenters. The molecule has 0 fully saturated rings. The van der Waals surface area contributed by atoms with Crippen LogP contribution in [0.3, 0.4) is 0 Å². The lowest BCUT2D eigenvalue weighted by atomic mass is 9.93. The first kappa shape index (κ1) is 17.1. The highest BCUT2D eigenvalue weighted by Crippen LogP contribution is 2.25. The third kappa shape index (κ3) is 8.23. The standard InChI is InChI=1S/C14H26O4/c1-4-6-10-14(3,11-7-8-12-15)18-17-13(16)9-5-2/h12H,4-11H2,1-3H3. The predicted octanol–water partition coefficient (Wildman–Crippen LogP) is 3.58. The van der Waals surface area contributed by atoms with Gasteiger partial charge >= 0.3 is 5.97 Å². The molecule has 0 rings (SSSR count). The molecule has 4 heteroatoms. The fourth-order valence-electron chi connectivity index (χ4n) is 1.71. The van der Waals surface area contributed by atoms with Crippen molar-refractivity contribution in [1.29, 1.82) is 0 Å². The molecule has 0 spiro atoms. The van der Waals surface area contributed by atoms with Crippen molar-refractivity contribution < 1.29 is 19.4 Å². The van der Waals surface area contributed by atoms with Crippen LogP contribution < -0.4 is 0 Å². The van der Waals surface area contributed by atoms with Crippen LogP contribution in [0, 0.1) is 0 Å². The van der Waals surface area contributed by atoms with Crippen molar-refractivity contribution in [2.24, 2.45) is 0 Å². The molecule has 0 radical (unpaired) electrons. The molecule has 0 heterocycles. The fourth-order valence-corrected chi connectivity index (χ4v) is 1.71. The predicted molar refractivity (Wildman–Crippen MR) is 69.9 cm³/mol. The second-order valence-corrected chi connectivity index (χ2v) is 4.90. The van der Waals surface area contributed by atoms with Crippen LogP contribution in [0.5, 0.6) is 0 Å². The van der Waals surface area contributed by atoms with E-state index < -0.39 is 5.60 Å². The zero-order chi connectivity index (χ0) is 13.9. The number of carbonyl (C=O) groups is 2. The average molecular weight is 258 g/mol. The van der Waals surface area contributed by atoms with Gasteiger partial charge in [0.25, 0.3) is 0 Å². The first-order chi connectivity index (χ1) is 8.58. The Bertz CT molecular complexity index is 240. The summed E-state index contributed by atoms with van der Waals surface area (Å²) in [4.78, 5) is 31.8. The smallest absolute Gasteiger partial charge is 0.303 e. The van der Waals surface area contributed by atoms with Gasteiger partial charge in [-0.2, -0.15) is 4.89 Å². The Morgan fingerprint density at radius 3 is 2.39 bits per heavy atom. The Morgan fingerprint density at radius 2 is 1.83 bits per heavy atom. The molecule has 18 heavy (non-hydrogen) atoms. The molecular weight excluding hydrogens is 232 g/mol. The summed E-state index contributed by atoms with van der Waals surface area (Å²) in [5, 5.41) is 0. The van der Waals surface area contributed by atoms with Crippen LogP contribution in [0.2, 0.25) is 0 Å². The van der Waals surface area contributed by atoms with Crippen LogP contribution in [-0.2, 0) is 19.4 Å². The van der Waals surface area contributed by atoms with Crippen LogP contribution in [0.25, 0.3) is 0 Å². The van der Waals surface area contributed by atoms with E-state index in [0.29, 0.717) is 12.8 Å². The zero-order valence-electron chi connectivity index (χ0n) is 11.9. The van der Waals surface area contributed by atoms with Crippen molar-refractivity contribution in [3.05, 3.63) is 0 Å². The lowest BCUT2D eigenvalue weighted by Gasteiger charge is -2.27. The van der Waals surface area contributed by atoms with Gasteiger partial charge in [-0.3, -0.25) is 4.89 Å². The topological polar surface area (TPSA) is 52.6 Å². The normalized spacial score (nSPS) is 13.9. The SMILES string of the molecule is CCCCC(C)(CCCC=O)OOC(=O)CCC. The van der Waals surface area contributed by atoms with Crippen LogP contribution in [-0.4, -0.2) is 17.9 Å². The van der Waals surface area contributed by atoms with Gasteiger partial charge in [0.15, 0.2) is 0 Å². The molecule has 0 amide bonds. The molecule has 0 bridgehead atoms. The lowest BCUT2D eigenvalue weighted by molar-refractivity contribution is -0.332.